The molecule has 1 aliphatic rings. The van der Waals surface area contributed by atoms with Crippen molar-refractivity contribution in [3.05, 3.63) is 89.5 Å². The van der Waals surface area contributed by atoms with Crippen LogP contribution >= 0.6 is 0 Å². The van der Waals surface area contributed by atoms with Crippen molar-refractivity contribution in [3.63, 3.8) is 0 Å². The molecule has 6 nitrogen and oxygen atoms in total. The van der Waals surface area contributed by atoms with Crippen LogP contribution < -0.4 is 0 Å². The van der Waals surface area contributed by atoms with Crippen LogP contribution in [0.3, 0.4) is 0 Å². The molecule has 5 aromatic rings. The molecule has 0 saturated carbocycles. The van der Waals surface area contributed by atoms with Crippen LogP contribution in [0.4, 0.5) is 0 Å². The fourth-order valence-corrected chi connectivity index (χ4v) is 7.41. The first-order valence-corrected chi connectivity index (χ1v) is 14.9. The average molecular weight is 536 g/mol. The van der Waals surface area contributed by atoms with Gasteiger partial charge in [0, 0.05) is 0 Å². The van der Waals surface area contributed by atoms with Gasteiger partial charge in [-0.3, -0.25) is 0 Å². The maximum absolute atomic E-state index is 9.18. The first-order valence-electron chi connectivity index (χ1n) is 12.3. The van der Waals surface area contributed by atoms with E-state index in [2.05, 4.69) is 80.7 Å². The van der Waals surface area contributed by atoms with Gasteiger partial charge >= 0.3 is 217 Å². The molecule has 6 rings (SSSR count). The van der Waals surface area contributed by atoms with E-state index in [1.165, 1.54) is 16.5 Å². The summed E-state index contributed by atoms with van der Waals surface area (Å²) in [4.78, 5) is 6.08. The first-order chi connectivity index (χ1) is 17.8. The van der Waals surface area contributed by atoms with Crippen molar-refractivity contribution in [2.45, 2.75) is 23.1 Å². The van der Waals surface area contributed by atoms with E-state index in [1.54, 1.807) is 0 Å². The Morgan fingerprint density at radius 1 is 1.03 bits per heavy atom. The number of nitrogens with zero attached hydrogens (tertiary/aromatic N) is 3. The number of hydrogen-bond donors (Lipinski definition) is 2. The molecule has 0 bridgehead atoms. The minimum atomic E-state index is 0.141. The average Bonchev–Trinajstić information content (AvgIpc) is 3.53. The Kier molecular flexibility index (Phi) is 6.61. The number of fused-ring (bicyclic) bond motifs is 2. The van der Waals surface area contributed by atoms with Crippen LogP contribution in [0, 0.1) is 11.3 Å². The summed E-state index contributed by atoms with van der Waals surface area (Å²) in [5, 5.41) is 21.3. The zero-order valence-corrected chi connectivity index (χ0v) is 21.8. The number of rotatable bonds is 7. The van der Waals surface area contributed by atoms with Gasteiger partial charge in [-0.2, -0.15) is 0 Å². The summed E-state index contributed by atoms with van der Waals surface area (Å²) >= 11 is 0.141. The van der Waals surface area contributed by atoms with Crippen LogP contribution in [0.1, 0.15) is 16.7 Å². The molecule has 1 radical (unpaired) electrons. The van der Waals surface area contributed by atoms with E-state index in [1.807, 2.05) is 18.2 Å². The Morgan fingerprint density at radius 3 is 2.83 bits per heavy atom. The van der Waals surface area contributed by atoms with Crippen LogP contribution in [0.15, 0.2) is 72.8 Å². The quantitative estimate of drug-likeness (QED) is 0.284. The summed E-state index contributed by atoms with van der Waals surface area (Å²) in [6.45, 7) is 3.85. The zero-order chi connectivity index (χ0) is 24.3. The first kappa shape index (κ1) is 23.1. The van der Waals surface area contributed by atoms with Gasteiger partial charge in [0.25, 0.3) is 0 Å². The number of ether oxygens (including phenoxy) is 1. The molecule has 1 fully saturated rings. The molecule has 179 valence electrons. The Hall–Kier alpha value is -3.36. The number of nitriles is 1. The number of hydrogen-bond acceptors (Lipinski definition) is 4. The third kappa shape index (κ3) is 4.83. The summed E-state index contributed by atoms with van der Waals surface area (Å²) in [7, 11) is 0. The van der Waals surface area contributed by atoms with Crippen LogP contribution in [0.2, 0.25) is 5.21 Å². The van der Waals surface area contributed by atoms with E-state index in [-0.39, 0.29) is 15.8 Å². The zero-order valence-electron chi connectivity index (χ0n) is 19.9. The van der Waals surface area contributed by atoms with E-state index >= 15 is 0 Å². The Labute approximate surface area is 217 Å². The van der Waals surface area contributed by atoms with Gasteiger partial charge in [0.2, 0.25) is 0 Å². The predicted molar refractivity (Wildman–Crippen MR) is 144 cm³/mol. The van der Waals surface area contributed by atoms with Gasteiger partial charge in [-0.05, 0) is 0 Å². The molecule has 1 unspecified atom stereocenters. The molecule has 0 spiro atoms. The van der Waals surface area contributed by atoms with Gasteiger partial charge < -0.3 is 0 Å². The number of aromatic nitrogens is 3. The molecule has 1 atom stereocenters. The summed E-state index contributed by atoms with van der Waals surface area (Å²) in [5.74, 6) is 0. The van der Waals surface area contributed by atoms with Gasteiger partial charge in [-0.15, -0.1) is 0 Å². The van der Waals surface area contributed by atoms with Gasteiger partial charge in [0.1, 0.15) is 0 Å². The molecule has 36 heavy (non-hydrogen) atoms. The monoisotopic (exact) mass is 536 g/mol. The number of benzene rings is 3. The summed E-state index contributed by atoms with van der Waals surface area (Å²) in [5.41, 5.74) is 7.29. The molecule has 0 amide bonds. The molecular weight excluding hydrogens is 509 g/mol. The third-order valence-electron chi connectivity index (χ3n) is 6.79. The fourth-order valence-electron chi connectivity index (χ4n) is 4.98. The molecule has 3 heterocycles. The van der Waals surface area contributed by atoms with Crippen molar-refractivity contribution < 1.29 is 4.74 Å². The second-order valence-electron chi connectivity index (χ2n) is 9.28. The van der Waals surface area contributed by atoms with Crippen LogP contribution in [0.25, 0.3) is 33.2 Å². The summed E-state index contributed by atoms with van der Waals surface area (Å²) < 4.78 is 6.13. The van der Waals surface area contributed by atoms with Gasteiger partial charge in [-0.1, -0.05) is 0 Å². The predicted octanol–water partition coefficient (Wildman–Crippen LogP) is 5.11. The van der Waals surface area contributed by atoms with Crippen LogP contribution in [-0.4, -0.2) is 61.6 Å². The van der Waals surface area contributed by atoms with Crippen LogP contribution in [0.5, 0.6) is 0 Å². The second kappa shape index (κ2) is 10.3. The van der Waals surface area contributed by atoms with Crippen molar-refractivity contribution in [1.29, 1.82) is 5.26 Å². The van der Waals surface area contributed by atoms with Gasteiger partial charge in [-0.25, -0.2) is 0 Å². The summed E-state index contributed by atoms with van der Waals surface area (Å²) in [6.07, 6.45) is 0.331. The van der Waals surface area contributed by atoms with Crippen molar-refractivity contribution in [3.8, 4) is 17.5 Å². The molecule has 1 aliphatic heterocycles. The minimum absolute atomic E-state index is 0.141. The number of aromatic amines is 2. The van der Waals surface area contributed by atoms with Crippen LogP contribution in [-0.2, 0) is 16.5 Å². The fraction of sp³-hybridized carbons (Fsp3) is 0.241. The van der Waals surface area contributed by atoms with Crippen molar-refractivity contribution >= 4 is 37.6 Å². The van der Waals surface area contributed by atoms with E-state index in [0.717, 1.165) is 64.5 Å². The molecule has 3 aromatic carbocycles. The Balaban J connectivity index is 1.13. The number of nitrogens with one attached hydrogen (secondary N) is 2. The number of morpholine rings is 1. The van der Waals surface area contributed by atoms with Gasteiger partial charge in [0.15, 0.2) is 0 Å². The van der Waals surface area contributed by atoms with E-state index in [0.29, 0.717) is 11.7 Å². The SMILES string of the molecule is N#Cc1ccc2c(-c3cc4c(C[As]CC5CN(Cc6ccccc6)CCO5)cccc4[nH]3)n[nH]c2c1. The van der Waals surface area contributed by atoms with Crippen molar-refractivity contribution in [1.82, 2.24) is 20.1 Å². The van der Waals surface area contributed by atoms with E-state index < -0.39 is 0 Å². The Bertz CT molecular complexity index is 1530. The topological polar surface area (TPSA) is 80.7 Å². The van der Waals surface area contributed by atoms with Crippen molar-refractivity contribution in [2.24, 2.45) is 0 Å². The molecule has 1 saturated heterocycles. The number of H-pyrrole nitrogens is 2. The maximum atomic E-state index is 9.18. The molecule has 2 N–H and O–H groups in total. The van der Waals surface area contributed by atoms with Gasteiger partial charge in [0.05, 0.1) is 0 Å². The normalized spacial score (nSPS) is 16.8. The molecule has 7 heteroatoms. The molecule has 0 aliphatic carbocycles. The Morgan fingerprint density at radius 2 is 1.94 bits per heavy atom. The standard InChI is InChI=1S/C29H27AsN5O/c31-17-21-9-10-24-27(13-21)33-34-29(24)28-14-25-22(7-4-8-26(25)32-28)15-30-16-23-19-35(11-12-36-23)18-20-5-2-1-3-6-20/h1-10,13-14,23,32H,11-12,15-16,18-19H2,(H,33,34). The summed E-state index contributed by atoms with van der Waals surface area (Å²) in [6, 6.07) is 27.3. The van der Waals surface area contributed by atoms with E-state index in [4.69, 9.17) is 4.74 Å². The van der Waals surface area contributed by atoms with Crippen molar-refractivity contribution in [2.75, 3.05) is 19.7 Å². The molecule has 2 aromatic heterocycles. The third-order valence-corrected chi connectivity index (χ3v) is 9.37. The van der Waals surface area contributed by atoms with E-state index in [9.17, 15) is 5.26 Å². The molecular formula is C29H27AsN5O. The second-order valence-corrected chi connectivity index (χ2v) is 11.7.